The van der Waals surface area contributed by atoms with E-state index in [0.29, 0.717) is 19.6 Å². The molecule has 8 heteroatoms. The van der Waals surface area contributed by atoms with Gasteiger partial charge in [0.1, 0.15) is 6.04 Å². The van der Waals surface area contributed by atoms with Crippen molar-refractivity contribution in [3.63, 3.8) is 0 Å². The minimum atomic E-state index is -2.75. The van der Waals surface area contributed by atoms with Crippen LogP contribution in [0.4, 0.5) is 8.78 Å². The fraction of sp³-hybridized carbons (Fsp3) is 0.467. The summed E-state index contributed by atoms with van der Waals surface area (Å²) in [5.41, 5.74) is 1.92. The van der Waals surface area contributed by atoms with Gasteiger partial charge in [0.05, 0.1) is 37.6 Å². The second kappa shape index (κ2) is 5.16. The number of nitrogens with zero attached hydrogens (tertiary/aromatic N) is 4. The van der Waals surface area contributed by atoms with Crippen molar-refractivity contribution in [3.05, 3.63) is 42.4 Å². The maximum Gasteiger partial charge on any atom is 0.282 e. The second-order valence-electron chi connectivity index (χ2n) is 6.16. The number of alkyl halides is 2. The Bertz CT molecular complexity index is 705. The Balaban J connectivity index is 1.53. The monoisotopic (exact) mass is 322 g/mol. The summed E-state index contributed by atoms with van der Waals surface area (Å²) in [6, 6.07) is 1.36. The Morgan fingerprint density at radius 1 is 1.43 bits per heavy atom. The lowest BCUT2D eigenvalue weighted by molar-refractivity contribution is -0.170. The van der Waals surface area contributed by atoms with Crippen molar-refractivity contribution in [2.75, 3.05) is 19.6 Å². The van der Waals surface area contributed by atoms with Crippen molar-refractivity contribution in [3.8, 4) is 0 Å². The van der Waals surface area contributed by atoms with Gasteiger partial charge in [-0.05, 0) is 6.07 Å². The van der Waals surface area contributed by atoms with E-state index in [9.17, 15) is 13.6 Å². The smallest absolute Gasteiger partial charge is 0.282 e. The summed E-state index contributed by atoms with van der Waals surface area (Å²) in [6.07, 6.45) is 6.59. The molecule has 122 valence electrons. The van der Waals surface area contributed by atoms with Gasteiger partial charge in [-0.15, -0.1) is 0 Å². The molecule has 0 bridgehead atoms. The van der Waals surface area contributed by atoms with Gasteiger partial charge in [-0.2, -0.15) is 0 Å². The number of rotatable bonds is 3. The van der Waals surface area contributed by atoms with Crippen LogP contribution in [0.3, 0.4) is 0 Å². The first-order valence-electron chi connectivity index (χ1n) is 7.43. The van der Waals surface area contributed by atoms with E-state index in [2.05, 4.69) is 9.88 Å². The van der Waals surface area contributed by atoms with Crippen molar-refractivity contribution in [2.45, 2.75) is 25.1 Å². The number of carbonyl (C=O) groups is 1. The van der Waals surface area contributed by atoms with Crippen LogP contribution in [0.1, 0.15) is 17.3 Å². The predicted octanol–water partition coefficient (Wildman–Crippen LogP) is 1.51. The summed E-state index contributed by atoms with van der Waals surface area (Å²) in [6.45, 7) is 0.782. The molecular weight excluding hydrogens is 306 g/mol. The number of hydrogen-bond donors (Lipinski definition) is 0. The van der Waals surface area contributed by atoms with E-state index < -0.39 is 25.1 Å². The molecule has 1 fully saturated rings. The van der Waals surface area contributed by atoms with Crippen LogP contribution >= 0.6 is 0 Å². The molecular formula is C15H16F2N4O2. The molecule has 4 rings (SSSR count). The van der Waals surface area contributed by atoms with Gasteiger partial charge in [0.15, 0.2) is 0 Å². The van der Waals surface area contributed by atoms with Crippen LogP contribution in [-0.2, 0) is 17.9 Å². The average Bonchev–Trinajstić information content (AvgIpc) is 3.14. The van der Waals surface area contributed by atoms with Crippen molar-refractivity contribution < 1.29 is 18.0 Å². The zero-order valence-corrected chi connectivity index (χ0v) is 12.4. The third-order valence-corrected chi connectivity index (χ3v) is 4.33. The fourth-order valence-electron chi connectivity index (χ4n) is 3.20. The van der Waals surface area contributed by atoms with Crippen LogP contribution in [0.15, 0.2) is 35.5 Å². The number of aromatic nitrogens is 2. The van der Waals surface area contributed by atoms with Crippen molar-refractivity contribution in [1.29, 1.82) is 0 Å². The van der Waals surface area contributed by atoms with Crippen LogP contribution < -0.4 is 0 Å². The largest absolute Gasteiger partial charge is 0.472 e. The van der Waals surface area contributed by atoms with Crippen LogP contribution in [0.2, 0.25) is 0 Å². The highest BCUT2D eigenvalue weighted by Crippen LogP contribution is 2.31. The molecule has 2 aliphatic heterocycles. The molecule has 1 saturated heterocycles. The minimum Gasteiger partial charge on any atom is -0.472 e. The molecule has 1 atom stereocenters. The van der Waals surface area contributed by atoms with Crippen LogP contribution in [0, 0.1) is 0 Å². The molecule has 0 spiro atoms. The fourth-order valence-corrected chi connectivity index (χ4v) is 3.20. The number of amides is 1. The molecule has 0 radical (unpaired) electrons. The zero-order chi connectivity index (χ0) is 16.0. The highest BCUT2D eigenvalue weighted by molar-refractivity contribution is 5.82. The van der Waals surface area contributed by atoms with E-state index >= 15 is 0 Å². The zero-order valence-electron chi connectivity index (χ0n) is 12.4. The molecule has 0 unspecified atom stereocenters. The standard InChI is InChI=1S/C15H16F2N4O2/c16-15(17)8-20(9-15)14(22)13-6-19(4-11-1-2-23-7-11)5-12-3-18-10-21(12)13/h1-3,7,10,13H,4-6,8-9H2/t13-/m0/s1. The van der Waals surface area contributed by atoms with Crippen LogP contribution in [0.5, 0.6) is 0 Å². The third kappa shape index (κ3) is 2.63. The Labute approximate surface area is 131 Å². The number of likely N-dealkylation sites (tertiary alicyclic amines) is 1. The lowest BCUT2D eigenvalue weighted by Gasteiger charge is -2.42. The molecule has 0 N–H and O–H groups in total. The maximum atomic E-state index is 13.0. The number of furan rings is 1. The van der Waals surface area contributed by atoms with Gasteiger partial charge < -0.3 is 13.9 Å². The summed E-state index contributed by atoms with van der Waals surface area (Å²) in [7, 11) is 0. The second-order valence-corrected chi connectivity index (χ2v) is 6.16. The molecule has 0 saturated carbocycles. The average molecular weight is 322 g/mol. The van der Waals surface area contributed by atoms with Crippen LogP contribution in [-0.4, -0.2) is 50.8 Å². The molecule has 2 aromatic heterocycles. The molecule has 2 aliphatic rings. The van der Waals surface area contributed by atoms with E-state index in [1.54, 1.807) is 29.6 Å². The Hall–Kier alpha value is -2.22. The van der Waals surface area contributed by atoms with E-state index in [-0.39, 0.29) is 5.91 Å². The topological polar surface area (TPSA) is 54.5 Å². The Morgan fingerprint density at radius 2 is 2.26 bits per heavy atom. The first-order valence-corrected chi connectivity index (χ1v) is 7.43. The molecule has 0 aromatic carbocycles. The maximum absolute atomic E-state index is 13.0. The molecule has 0 aliphatic carbocycles. The van der Waals surface area contributed by atoms with Gasteiger partial charge in [0, 0.05) is 31.4 Å². The molecule has 1 amide bonds. The molecule has 4 heterocycles. The van der Waals surface area contributed by atoms with Gasteiger partial charge in [0.2, 0.25) is 5.91 Å². The van der Waals surface area contributed by atoms with Crippen molar-refractivity contribution in [1.82, 2.24) is 19.4 Å². The quantitative estimate of drug-likeness (QED) is 0.859. The van der Waals surface area contributed by atoms with Gasteiger partial charge >= 0.3 is 0 Å². The summed E-state index contributed by atoms with van der Waals surface area (Å²) in [5.74, 6) is -3.02. The highest BCUT2D eigenvalue weighted by Gasteiger charge is 2.48. The molecule has 2 aromatic rings. The lowest BCUT2D eigenvalue weighted by atomic mass is 10.1. The number of hydrogen-bond acceptors (Lipinski definition) is 4. The van der Waals surface area contributed by atoms with Gasteiger partial charge in [-0.1, -0.05) is 0 Å². The van der Waals surface area contributed by atoms with E-state index in [1.807, 2.05) is 6.07 Å². The minimum absolute atomic E-state index is 0.271. The number of fused-ring (bicyclic) bond motifs is 1. The van der Waals surface area contributed by atoms with Gasteiger partial charge in [0.25, 0.3) is 5.92 Å². The summed E-state index contributed by atoms with van der Waals surface area (Å²) in [5, 5.41) is 0. The van der Waals surface area contributed by atoms with E-state index in [4.69, 9.17) is 4.42 Å². The molecule has 6 nitrogen and oxygen atoms in total. The van der Waals surface area contributed by atoms with Crippen molar-refractivity contribution >= 4 is 5.91 Å². The highest BCUT2D eigenvalue weighted by atomic mass is 19.3. The predicted molar refractivity (Wildman–Crippen MR) is 75.6 cm³/mol. The van der Waals surface area contributed by atoms with Crippen LogP contribution in [0.25, 0.3) is 0 Å². The summed E-state index contributed by atoms with van der Waals surface area (Å²) >= 11 is 0. The lowest BCUT2D eigenvalue weighted by Crippen LogP contribution is -2.61. The van der Waals surface area contributed by atoms with E-state index in [1.165, 1.54) is 4.90 Å². The third-order valence-electron chi connectivity index (χ3n) is 4.33. The first-order chi connectivity index (χ1) is 11.0. The number of imidazole rings is 1. The van der Waals surface area contributed by atoms with E-state index in [0.717, 1.165) is 11.3 Å². The SMILES string of the molecule is O=C([C@@H]1CN(Cc2ccoc2)Cc2cncn21)N1CC(F)(F)C1. The van der Waals surface area contributed by atoms with Gasteiger partial charge in [-0.3, -0.25) is 9.69 Å². The normalized spacial score (nSPS) is 23.4. The first kappa shape index (κ1) is 14.4. The number of halogens is 2. The Morgan fingerprint density at radius 3 is 2.96 bits per heavy atom. The number of carbonyl (C=O) groups excluding carboxylic acids is 1. The summed E-state index contributed by atoms with van der Waals surface area (Å²) in [4.78, 5) is 20.0. The van der Waals surface area contributed by atoms with Gasteiger partial charge in [-0.25, -0.2) is 13.8 Å². The summed E-state index contributed by atoms with van der Waals surface area (Å²) < 4.78 is 33.0. The van der Waals surface area contributed by atoms with Crippen molar-refractivity contribution in [2.24, 2.45) is 0 Å². The Kier molecular flexibility index (Phi) is 3.22. The molecule has 23 heavy (non-hydrogen) atoms.